The molecule has 0 aliphatic carbocycles. The number of nitrogens with one attached hydrogen (secondary N) is 1. The Morgan fingerprint density at radius 1 is 1.24 bits per heavy atom. The normalized spacial score (nSPS) is 11.0. The number of hydrogen-bond acceptors (Lipinski definition) is 4. The summed E-state index contributed by atoms with van der Waals surface area (Å²) in [4.78, 5) is 30.9. The highest BCUT2D eigenvalue weighted by Gasteiger charge is 2.14. The minimum atomic E-state index is -0.432. The predicted octanol–water partition coefficient (Wildman–Crippen LogP) is 1.36. The van der Waals surface area contributed by atoms with Crippen LogP contribution in [-0.2, 0) is 14.1 Å². The quantitative estimate of drug-likeness (QED) is 0.661. The van der Waals surface area contributed by atoms with Crippen molar-refractivity contribution in [3.8, 4) is 11.8 Å². The SMILES string of the molecule is Cn1c(=O)c2[nH]c(Oc3cccc(I)c3)nc2n(C)c1=O. The number of imidazole rings is 1. The average molecular weight is 398 g/mol. The number of H-pyrrole nitrogens is 1. The largest absolute Gasteiger partial charge is 0.426 e. The molecule has 2 aromatic heterocycles. The van der Waals surface area contributed by atoms with E-state index in [9.17, 15) is 9.59 Å². The van der Waals surface area contributed by atoms with Crippen molar-refractivity contribution >= 4 is 33.8 Å². The van der Waals surface area contributed by atoms with Crippen LogP contribution in [0.2, 0.25) is 0 Å². The van der Waals surface area contributed by atoms with Gasteiger partial charge in [0.2, 0.25) is 0 Å². The van der Waals surface area contributed by atoms with Crippen LogP contribution in [0.1, 0.15) is 0 Å². The van der Waals surface area contributed by atoms with E-state index < -0.39 is 11.2 Å². The van der Waals surface area contributed by atoms with Gasteiger partial charge in [0, 0.05) is 17.7 Å². The Morgan fingerprint density at radius 2 is 2.00 bits per heavy atom. The highest BCUT2D eigenvalue weighted by atomic mass is 127. The van der Waals surface area contributed by atoms with Crippen molar-refractivity contribution in [1.29, 1.82) is 0 Å². The summed E-state index contributed by atoms with van der Waals surface area (Å²) in [7, 11) is 2.98. The fraction of sp³-hybridized carbons (Fsp3) is 0.154. The molecule has 1 N–H and O–H groups in total. The van der Waals surface area contributed by atoms with Gasteiger partial charge in [-0.25, -0.2) is 4.79 Å². The van der Waals surface area contributed by atoms with Crippen molar-refractivity contribution in [2.45, 2.75) is 0 Å². The molecule has 8 heteroatoms. The van der Waals surface area contributed by atoms with E-state index in [1.165, 1.54) is 11.6 Å². The number of fused-ring (bicyclic) bond motifs is 1. The minimum absolute atomic E-state index is 0.172. The molecule has 0 saturated carbocycles. The van der Waals surface area contributed by atoms with Gasteiger partial charge in [-0.1, -0.05) is 6.07 Å². The minimum Gasteiger partial charge on any atom is -0.426 e. The Labute approximate surface area is 132 Å². The summed E-state index contributed by atoms with van der Waals surface area (Å²) in [6.45, 7) is 0. The second-order valence-electron chi connectivity index (χ2n) is 4.51. The molecule has 0 unspecified atom stereocenters. The second kappa shape index (κ2) is 5.02. The molecular weight excluding hydrogens is 387 g/mol. The number of ether oxygens (including phenoxy) is 1. The van der Waals surface area contributed by atoms with Crippen molar-refractivity contribution in [1.82, 2.24) is 19.1 Å². The maximum atomic E-state index is 12.0. The lowest BCUT2D eigenvalue weighted by atomic mass is 10.3. The van der Waals surface area contributed by atoms with Gasteiger partial charge in [-0.2, -0.15) is 4.98 Å². The Kier molecular flexibility index (Phi) is 3.32. The molecule has 0 aliphatic rings. The summed E-state index contributed by atoms with van der Waals surface area (Å²) in [6, 6.07) is 7.59. The van der Waals surface area contributed by atoms with E-state index in [-0.39, 0.29) is 17.2 Å². The highest BCUT2D eigenvalue weighted by molar-refractivity contribution is 14.1. The van der Waals surface area contributed by atoms with E-state index in [1.54, 1.807) is 13.1 Å². The zero-order valence-electron chi connectivity index (χ0n) is 11.3. The molecule has 0 radical (unpaired) electrons. The molecule has 21 heavy (non-hydrogen) atoms. The molecule has 0 atom stereocenters. The van der Waals surface area contributed by atoms with Crippen LogP contribution in [-0.4, -0.2) is 19.1 Å². The number of halogens is 1. The molecule has 0 saturated heterocycles. The summed E-state index contributed by atoms with van der Waals surface area (Å²) >= 11 is 2.17. The lowest BCUT2D eigenvalue weighted by Crippen LogP contribution is -2.36. The summed E-state index contributed by atoms with van der Waals surface area (Å²) in [5, 5.41) is 0. The van der Waals surface area contributed by atoms with Gasteiger partial charge >= 0.3 is 11.7 Å². The van der Waals surface area contributed by atoms with Gasteiger partial charge in [0.05, 0.1) is 0 Å². The van der Waals surface area contributed by atoms with Crippen molar-refractivity contribution < 1.29 is 4.74 Å². The molecule has 3 rings (SSSR count). The molecule has 0 amide bonds. The van der Waals surface area contributed by atoms with Crippen LogP contribution in [0.4, 0.5) is 0 Å². The van der Waals surface area contributed by atoms with Crippen LogP contribution in [0.5, 0.6) is 11.8 Å². The lowest BCUT2D eigenvalue weighted by Gasteiger charge is -2.01. The number of nitrogens with zero attached hydrogens (tertiary/aromatic N) is 3. The molecule has 0 aliphatic heterocycles. The Balaban J connectivity index is 2.14. The van der Waals surface area contributed by atoms with Crippen molar-refractivity contribution in [2.24, 2.45) is 14.1 Å². The number of hydrogen-bond donors (Lipinski definition) is 1. The van der Waals surface area contributed by atoms with E-state index in [0.717, 1.165) is 8.14 Å². The molecule has 0 fully saturated rings. The number of aryl methyl sites for hydroxylation is 1. The summed E-state index contributed by atoms with van der Waals surface area (Å²) in [5.41, 5.74) is -0.359. The number of rotatable bonds is 2. The van der Waals surface area contributed by atoms with E-state index in [2.05, 4.69) is 32.6 Å². The highest BCUT2D eigenvalue weighted by Crippen LogP contribution is 2.21. The van der Waals surface area contributed by atoms with Crippen LogP contribution in [0.3, 0.4) is 0 Å². The zero-order valence-corrected chi connectivity index (χ0v) is 13.4. The Hall–Kier alpha value is -2.10. The first-order valence-corrected chi connectivity index (χ1v) is 7.14. The monoisotopic (exact) mass is 398 g/mol. The third kappa shape index (κ3) is 2.35. The van der Waals surface area contributed by atoms with Gasteiger partial charge in [0.15, 0.2) is 11.2 Å². The van der Waals surface area contributed by atoms with Gasteiger partial charge in [0.25, 0.3) is 5.56 Å². The first kappa shape index (κ1) is 13.9. The van der Waals surface area contributed by atoms with Crippen LogP contribution in [0.25, 0.3) is 11.2 Å². The Morgan fingerprint density at radius 3 is 2.71 bits per heavy atom. The fourth-order valence-corrected chi connectivity index (χ4v) is 2.51. The average Bonchev–Trinajstić information content (AvgIpc) is 2.87. The standard InChI is InChI=1S/C13H11IN4O3/c1-17-10-9(11(19)18(2)13(17)20)15-12(16-10)21-8-5-3-4-7(14)6-8/h3-6H,1-2H3,(H,15,16). The molecule has 3 aromatic rings. The van der Waals surface area contributed by atoms with Crippen LogP contribution < -0.4 is 16.0 Å². The Bertz CT molecular complexity index is 954. The molecule has 0 bridgehead atoms. The molecule has 0 spiro atoms. The van der Waals surface area contributed by atoms with E-state index in [4.69, 9.17) is 4.74 Å². The summed E-state index contributed by atoms with van der Waals surface area (Å²) < 4.78 is 8.94. The molecule has 2 heterocycles. The lowest BCUT2D eigenvalue weighted by molar-refractivity contribution is 0.448. The molecular formula is C13H11IN4O3. The van der Waals surface area contributed by atoms with Crippen LogP contribution in [0.15, 0.2) is 33.9 Å². The maximum absolute atomic E-state index is 12.0. The second-order valence-corrected chi connectivity index (χ2v) is 5.75. The fourth-order valence-electron chi connectivity index (χ4n) is 2.00. The number of aromatic nitrogens is 4. The first-order valence-electron chi connectivity index (χ1n) is 6.06. The van der Waals surface area contributed by atoms with Crippen LogP contribution in [0, 0.1) is 3.57 Å². The van der Waals surface area contributed by atoms with E-state index >= 15 is 0 Å². The van der Waals surface area contributed by atoms with E-state index in [1.807, 2.05) is 18.2 Å². The van der Waals surface area contributed by atoms with Gasteiger partial charge in [-0.3, -0.25) is 13.9 Å². The molecule has 1 aromatic carbocycles. The molecule has 108 valence electrons. The van der Waals surface area contributed by atoms with Crippen molar-refractivity contribution in [2.75, 3.05) is 0 Å². The zero-order chi connectivity index (χ0) is 15.1. The van der Waals surface area contributed by atoms with Gasteiger partial charge in [-0.15, -0.1) is 0 Å². The topological polar surface area (TPSA) is 81.9 Å². The van der Waals surface area contributed by atoms with Gasteiger partial charge in [-0.05, 0) is 40.8 Å². The number of benzene rings is 1. The van der Waals surface area contributed by atoms with Crippen molar-refractivity contribution in [3.05, 3.63) is 48.7 Å². The third-order valence-electron chi connectivity index (χ3n) is 3.08. The number of aromatic amines is 1. The maximum Gasteiger partial charge on any atom is 0.332 e. The smallest absolute Gasteiger partial charge is 0.332 e. The molecule has 7 nitrogen and oxygen atoms in total. The summed E-state index contributed by atoms with van der Waals surface area (Å²) in [5.74, 6) is 0.600. The van der Waals surface area contributed by atoms with Crippen LogP contribution >= 0.6 is 22.6 Å². The third-order valence-corrected chi connectivity index (χ3v) is 3.75. The van der Waals surface area contributed by atoms with Crippen molar-refractivity contribution in [3.63, 3.8) is 0 Å². The predicted molar refractivity (Wildman–Crippen MR) is 85.8 cm³/mol. The summed E-state index contributed by atoms with van der Waals surface area (Å²) in [6.07, 6.45) is 0. The van der Waals surface area contributed by atoms with E-state index in [0.29, 0.717) is 5.75 Å². The van der Waals surface area contributed by atoms with Gasteiger partial charge in [0.1, 0.15) is 5.75 Å². The first-order chi connectivity index (χ1) is 9.97. The van der Waals surface area contributed by atoms with Gasteiger partial charge < -0.3 is 9.72 Å².